The summed E-state index contributed by atoms with van der Waals surface area (Å²) >= 11 is 5.93. The Balaban J connectivity index is 1.64. The number of urea groups is 1. The van der Waals surface area contributed by atoms with Gasteiger partial charge < -0.3 is 10.1 Å². The topological polar surface area (TPSA) is 99.3 Å². The zero-order valence-corrected chi connectivity index (χ0v) is 23.6. The van der Waals surface area contributed by atoms with Crippen LogP contribution in [0.5, 0.6) is 0 Å². The van der Waals surface area contributed by atoms with Crippen molar-refractivity contribution in [1.82, 2.24) is 19.4 Å². The molecular formula is C27H32ClFN4O5S. The standard InChI is InChI=1S/C27H32ClFN4O5S/c1-4-32-23(24(26(34)38-5-2)25(30-27(32)35)19-6-10-21(29)11-7-19)17-31-14-15-33(18(3)16-31)39(36,37)22-12-8-20(28)9-13-22/h6-13,18,25H,4-5,14-17H2,1-3H3,(H,30,35)/t18-,25-/m0/s1. The summed E-state index contributed by atoms with van der Waals surface area (Å²) in [6, 6.07) is 10.1. The summed E-state index contributed by atoms with van der Waals surface area (Å²) in [6.45, 7) is 7.01. The van der Waals surface area contributed by atoms with Gasteiger partial charge in [-0.05, 0) is 62.7 Å². The van der Waals surface area contributed by atoms with Gasteiger partial charge in [-0.1, -0.05) is 23.7 Å². The highest BCUT2D eigenvalue weighted by molar-refractivity contribution is 7.89. The predicted molar refractivity (Wildman–Crippen MR) is 145 cm³/mol. The van der Waals surface area contributed by atoms with Gasteiger partial charge in [-0.3, -0.25) is 9.80 Å². The number of benzene rings is 2. The van der Waals surface area contributed by atoms with Crippen molar-refractivity contribution in [1.29, 1.82) is 0 Å². The van der Waals surface area contributed by atoms with Crippen LogP contribution in [-0.2, 0) is 19.6 Å². The molecule has 2 aromatic rings. The van der Waals surface area contributed by atoms with E-state index < -0.39 is 27.9 Å². The number of hydrogen-bond acceptors (Lipinski definition) is 6. The van der Waals surface area contributed by atoms with Gasteiger partial charge in [-0.2, -0.15) is 4.31 Å². The number of hydrogen-bond donors (Lipinski definition) is 1. The highest BCUT2D eigenvalue weighted by atomic mass is 35.5. The summed E-state index contributed by atoms with van der Waals surface area (Å²) < 4.78 is 47.0. The van der Waals surface area contributed by atoms with Gasteiger partial charge in [0.15, 0.2) is 0 Å². The molecule has 0 spiro atoms. The van der Waals surface area contributed by atoms with Crippen molar-refractivity contribution in [2.75, 3.05) is 39.3 Å². The maximum absolute atomic E-state index is 13.6. The number of ether oxygens (including phenoxy) is 1. The Hall–Kier alpha value is -2.99. The van der Waals surface area contributed by atoms with Crippen LogP contribution in [0.2, 0.25) is 5.02 Å². The third kappa shape index (κ3) is 6.11. The number of nitrogens with one attached hydrogen (secondary N) is 1. The SMILES string of the molecule is CCOC(=O)C1=C(CN2CCN(S(=O)(=O)c3ccc(Cl)cc3)[C@@H](C)C2)N(CC)C(=O)N[C@H]1c1ccc(F)cc1. The largest absolute Gasteiger partial charge is 0.463 e. The first-order valence-electron chi connectivity index (χ1n) is 12.8. The Morgan fingerprint density at radius 2 is 1.77 bits per heavy atom. The molecule has 0 bridgehead atoms. The first kappa shape index (κ1) is 29.0. The Kier molecular flexibility index (Phi) is 8.95. The fraction of sp³-hybridized carbons (Fsp3) is 0.407. The molecule has 1 saturated heterocycles. The number of nitrogens with zero attached hydrogens (tertiary/aromatic N) is 3. The van der Waals surface area contributed by atoms with Crippen LogP contribution >= 0.6 is 11.6 Å². The van der Waals surface area contributed by atoms with Crippen LogP contribution in [-0.4, -0.2) is 79.9 Å². The molecule has 2 atom stereocenters. The molecule has 0 unspecified atom stereocenters. The van der Waals surface area contributed by atoms with Crippen LogP contribution in [0.3, 0.4) is 0 Å². The van der Waals surface area contributed by atoms with Gasteiger partial charge in [-0.25, -0.2) is 22.4 Å². The van der Waals surface area contributed by atoms with E-state index in [2.05, 4.69) is 5.32 Å². The third-order valence-electron chi connectivity index (χ3n) is 6.90. The molecule has 39 heavy (non-hydrogen) atoms. The third-order valence-corrected chi connectivity index (χ3v) is 9.18. The molecule has 2 aliphatic rings. The summed E-state index contributed by atoms with van der Waals surface area (Å²) in [5.41, 5.74) is 1.30. The van der Waals surface area contributed by atoms with Crippen molar-refractivity contribution in [3.05, 3.63) is 76.2 Å². The van der Waals surface area contributed by atoms with E-state index in [1.54, 1.807) is 26.0 Å². The van der Waals surface area contributed by atoms with E-state index in [-0.39, 0.29) is 42.2 Å². The normalized spacial score (nSPS) is 21.2. The molecule has 0 saturated carbocycles. The minimum Gasteiger partial charge on any atom is -0.463 e. The van der Waals surface area contributed by atoms with E-state index >= 15 is 0 Å². The highest BCUT2D eigenvalue weighted by Crippen LogP contribution is 2.33. The first-order chi connectivity index (χ1) is 18.6. The summed E-state index contributed by atoms with van der Waals surface area (Å²) in [5, 5.41) is 3.31. The van der Waals surface area contributed by atoms with Crippen molar-refractivity contribution in [3.63, 3.8) is 0 Å². The predicted octanol–water partition coefficient (Wildman–Crippen LogP) is 3.78. The number of sulfonamides is 1. The van der Waals surface area contributed by atoms with Gasteiger partial charge in [0.25, 0.3) is 0 Å². The fourth-order valence-electron chi connectivity index (χ4n) is 5.03. The van der Waals surface area contributed by atoms with E-state index in [9.17, 15) is 22.4 Å². The second-order valence-corrected chi connectivity index (χ2v) is 11.7. The van der Waals surface area contributed by atoms with Crippen molar-refractivity contribution < 1.29 is 27.1 Å². The quantitative estimate of drug-likeness (QED) is 0.479. The Morgan fingerprint density at radius 1 is 1.10 bits per heavy atom. The second-order valence-electron chi connectivity index (χ2n) is 9.41. The maximum Gasteiger partial charge on any atom is 0.338 e. The summed E-state index contributed by atoms with van der Waals surface area (Å²) in [5.74, 6) is -1.00. The van der Waals surface area contributed by atoms with Crippen molar-refractivity contribution in [2.45, 2.75) is 37.8 Å². The van der Waals surface area contributed by atoms with Gasteiger partial charge in [-0.15, -0.1) is 0 Å². The molecule has 2 amide bonds. The number of rotatable bonds is 8. The Bertz CT molecular complexity index is 1350. The molecule has 0 radical (unpaired) electrons. The summed E-state index contributed by atoms with van der Waals surface area (Å²) in [7, 11) is -3.73. The smallest absolute Gasteiger partial charge is 0.338 e. The summed E-state index contributed by atoms with van der Waals surface area (Å²) in [4.78, 5) is 30.1. The fourth-order valence-corrected chi connectivity index (χ4v) is 6.77. The minimum atomic E-state index is -3.73. The van der Waals surface area contributed by atoms with E-state index in [4.69, 9.17) is 16.3 Å². The van der Waals surface area contributed by atoms with E-state index in [1.165, 1.54) is 45.6 Å². The van der Waals surface area contributed by atoms with Crippen molar-refractivity contribution in [2.24, 2.45) is 0 Å². The molecule has 4 rings (SSSR count). The van der Waals surface area contributed by atoms with Gasteiger partial charge in [0, 0.05) is 49.5 Å². The number of halogens is 2. The molecule has 2 heterocycles. The number of amides is 2. The van der Waals surface area contributed by atoms with Crippen LogP contribution in [0.15, 0.2) is 64.7 Å². The lowest BCUT2D eigenvalue weighted by molar-refractivity contribution is -0.139. The van der Waals surface area contributed by atoms with Gasteiger partial charge in [0.1, 0.15) is 5.82 Å². The molecule has 12 heteroatoms. The van der Waals surface area contributed by atoms with E-state index in [1.807, 2.05) is 11.8 Å². The Morgan fingerprint density at radius 3 is 2.36 bits per heavy atom. The van der Waals surface area contributed by atoms with Crippen LogP contribution in [0, 0.1) is 5.82 Å². The van der Waals surface area contributed by atoms with Gasteiger partial charge >= 0.3 is 12.0 Å². The number of piperazine rings is 1. The lowest BCUT2D eigenvalue weighted by atomic mass is 9.94. The lowest BCUT2D eigenvalue weighted by Crippen LogP contribution is -2.56. The van der Waals surface area contributed by atoms with Crippen molar-refractivity contribution in [3.8, 4) is 0 Å². The van der Waals surface area contributed by atoms with E-state index in [0.717, 1.165) is 0 Å². The average molecular weight is 579 g/mol. The lowest BCUT2D eigenvalue weighted by Gasteiger charge is -2.42. The van der Waals surface area contributed by atoms with Gasteiger partial charge in [0.2, 0.25) is 10.0 Å². The van der Waals surface area contributed by atoms with Crippen LogP contribution in [0.4, 0.5) is 9.18 Å². The molecule has 210 valence electrons. The van der Waals surface area contributed by atoms with Crippen LogP contribution in [0.25, 0.3) is 0 Å². The van der Waals surface area contributed by atoms with Gasteiger partial charge in [0.05, 0.1) is 23.1 Å². The molecule has 0 aliphatic carbocycles. The molecule has 1 N–H and O–H groups in total. The Labute approximate surface area is 233 Å². The summed E-state index contributed by atoms with van der Waals surface area (Å²) in [6.07, 6.45) is 0. The number of likely N-dealkylation sites (N-methyl/N-ethyl adjacent to an activating group) is 1. The molecule has 1 fully saturated rings. The highest BCUT2D eigenvalue weighted by Gasteiger charge is 2.40. The monoisotopic (exact) mass is 578 g/mol. The maximum atomic E-state index is 13.6. The average Bonchev–Trinajstić information content (AvgIpc) is 2.89. The number of carbonyl (C=O) groups is 2. The zero-order chi connectivity index (χ0) is 28.3. The number of esters is 1. The second kappa shape index (κ2) is 12.0. The first-order valence-corrected chi connectivity index (χ1v) is 14.6. The molecular weight excluding hydrogens is 547 g/mol. The van der Waals surface area contributed by atoms with Crippen LogP contribution < -0.4 is 5.32 Å². The number of carbonyl (C=O) groups excluding carboxylic acids is 2. The van der Waals surface area contributed by atoms with Crippen LogP contribution in [0.1, 0.15) is 32.4 Å². The van der Waals surface area contributed by atoms with E-state index in [0.29, 0.717) is 35.9 Å². The molecule has 9 nitrogen and oxygen atoms in total. The minimum absolute atomic E-state index is 0.143. The molecule has 0 aromatic heterocycles. The van der Waals surface area contributed by atoms with Crippen molar-refractivity contribution >= 4 is 33.6 Å². The zero-order valence-electron chi connectivity index (χ0n) is 22.1. The molecule has 2 aromatic carbocycles. The molecule has 2 aliphatic heterocycles.